The highest BCUT2D eigenvalue weighted by Crippen LogP contribution is 2.35. The summed E-state index contributed by atoms with van der Waals surface area (Å²) in [6.45, 7) is 0.293. The van der Waals surface area contributed by atoms with Gasteiger partial charge in [0.25, 0.3) is 5.91 Å². The molecule has 34 heavy (non-hydrogen) atoms. The molecule has 0 radical (unpaired) electrons. The quantitative estimate of drug-likeness (QED) is 0.382. The number of amidine groups is 1. The Morgan fingerprint density at radius 1 is 1.18 bits per heavy atom. The minimum atomic E-state index is -1.04. The van der Waals surface area contributed by atoms with E-state index in [1.165, 1.54) is 40.9 Å². The Morgan fingerprint density at radius 3 is 2.65 bits per heavy atom. The first-order valence-electron chi connectivity index (χ1n) is 10.1. The molecule has 1 amide bonds. The molecule has 1 saturated heterocycles. The van der Waals surface area contributed by atoms with E-state index in [9.17, 15) is 14.0 Å². The Labute approximate surface area is 207 Å². The molecule has 0 bridgehead atoms. The van der Waals surface area contributed by atoms with Crippen LogP contribution in [-0.2, 0) is 11.4 Å². The number of carboxylic acids is 1. The van der Waals surface area contributed by atoms with Gasteiger partial charge in [0.2, 0.25) is 0 Å². The van der Waals surface area contributed by atoms with Crippen LogP contribution in [0, 0.1) is 5.82 Å². The lowest BCUT2D eigenvalue weighted by Crippen LogP contribution is -2.23. The van der Waals surface area contributed by atoms with Crippen LogP contribution in [0.25, 0.3) is 6.08 Å². The molecule has 1 aliphatic heterocycles. The number of likely N-dealkylation sites (N-methyl/N-ethyl adjacent to an activating group) is 1. The summed E-state index contributed by atoms with van der Waals surface area (Å²) in [4.78, 5) is 30.3. The van der Waals surface area contributed by atoms with Gasteiger partial charge in [-0.05, 0) is 87.4 Å². The van der Waals surface area contributed by atoms with Gasteiger partial charge in [0.15, 0.2) is 5.17 Å². The van der Waals surface area contributed by atoms with Gasteiger partial charge >= 0.3 is 5.97 Å². The fourth-order valence-corrected chi connectivity index (χ4v) is 4.59. The van der Waals surface area contributed by atoms with Crippen molar-refractivity contribution in [1.82, 2.24) is 4.90 Å². The number of aromatic carboxylic acids is 1. The molecule has 0 saturated carbocycles. The Hall–Kier alpha value is -3.43. The van der Waals surface area contributed by atoms with Crippen molar-refractivity contribution in [3.05, 3.63) is 98.6 Å². The summed E-state index contributed by atoms with van der Waals surface area (Å²) >= 11 is 4.71. The number of thioether (sulfide) groups is 1. The van der Waals surface area contributed by atoms with Crippen LogP contribution in [0.1, 0.15) is 21.5 Å². The second kappa shape index (κ2) is 10.2. The Bertz CT molecular complexity index is 1320. The van der Waals surface area contributed by atoms with Crippen molar-refractivity contribution in [2.24, 2.45) is 4.99 Å². The van der Waals surface area contributed by atoms with Crippen molar-refractivity contribution in [3.8, 4) is 5.75 Å². The Kier molecular flexibility index (Phi) is 7.14. The summed E-state index contributed by atoms with van der Waals surface area (Å²) in [6, 6.07) is 17.8. The zero-order chi connectivity index (χ0) is 24.2. The number of hydrogen-bond donors (Lipinski definition) is 1. The van der Waals surface area contributed by atoms with Crippen molar-refractivity contribution in [3.63, 3.8) is 0 Å². The highest BCUT2D eigenvalue weighted by atomic mass is 79.9. The topological polar surface area (TPSA) is 79.2 Å². The molecule has 1 N–H and O–H groups in total. The van der Waals surface area contributed by atoms with E-state index >= 15 is 0 Å². The molecule has 4 rings (SSSR count). The molecule has 6 nitrogen and oxygen atoms in total. The van der Waals surface area contributed by atoms with Crippen LogP contribution >= 0.6 is 27.7 Å². The van der Waals surface area contributed by atoms with Crippen molar-refractivity contribution >= 4 is 56.5 Å². The number of carbonyl (C=O) groups excluding carboxylic acids is 1. The number of amides is 1. The number of hydrogen-bond acceptors (Lipinski definition) is 5. The second-order valence-corrected chi connectivity index (χ2v) is 9.19. The maximum absolute atomic E-state index is 13.0. The lowest BCUT2D eigenvalue weighted by molar-refractivity contribution is -0.121. The van der Waals surface area contributed by atoms with Crippen LogP contribution in [-0.4, -0.2) is 34.1 Å². The van der Waals surface area contributed by atoms with Gasteiger partial charge in [-0.15, -0.1) is 0 Å². The minimum absolute atomic E-state index is 0.126. The van der Waals surface area contributed by atoms with E-state index in [1.54, 1.807) is 43.5 Å². The molecular formula is C25H18BrFN2O4S. The van der Waals surface area contributed by atoms with Gasteiger partial charge in [-0.1, -0.05) is 24.3 Å². The summed E-state index contributed by atoms with van der Waals surface area (Å²) < 4.78 is 19.6. The molecule has 0 unspecified atom stereocenters. The normalized spacial score (nSPS) is 15.9. The lowest BCUT2D eigenvalue weighted by Gasteiger charge is -2.09. The van der Waals surface area contributed by atoms with Crippen LogP contribution in [0.3, 0.4) is 0 Å². The minimum Gasteiger partial charge on any atom is -0.488 e. The molecule has 1 heterocycles. The van der Waals surface area contributed by atoms with Crippen LogP contribution in [0.4, 0.5) is 10.1 Å². The van der Waals surface area contributed by atoms with Crippen molar-refractivity contribution in [2.45, 2.75) is 6.61 Å². The number of nitrogens with zero attached hydrogens (tertiary/aromatic N) is 2. The third-order valence-corrected chi connectivity index (χ3v) is 6.56. The molecule has 3 aromatic carbocycles. The highest BCUT2D eigenvalue weighted by molar-refractivity contribution is 9.10. The first-order chi connectivity index (χ1) is 16.3. The third-order valence-electron chi connectivity index (χ3n) is 4.88. The molecule has 0 atom stereocenters. The van der Waals surface area contributed by atoms with E-state index in [0.717, 1.165) is 11.1 Å². The fraction of sp³-hybridized carbons (Fsp3) is 0.0800. The number of rotatable bonds is 6. The molecule has 3 aromatic rings. The van der Waals surface area contributed by atoms with Gasteiger partial charge in [-0.3, -0.25) is 9.69 Å². The molecule has 0 aliphatic carbocycles. The van der Waals surface area contributed by atoms with Crippen molar-refractivity contribution in [2.75, 3.05) is 7.05 Å². The van der Waals surface area contributed by atoms with Gasteiger partial charge in [0.05, 0.1) is 20.6 Å². The molecule has 9 heteroatoms. The lowest BCUT2D eigenvalue weighted by atomic mass is 10.2. The van der Waals surface area contributed by atoms with E-state index in [-0.39, 0.29) is 17.3 Å². The third kappa shape index (κ3) is 5.55. The number of carboxylic acid groups (broad SMARTS) is 1. The van der Waals surface area contributed by atoms with Gasteiger partial charge in [0, 0.05) is 7.05 Å². The average Bonchev–Trinajstić information content (AvgIpc) is 3.07. The van der Waals surface area contributed by atoms with Crippen LogP contribution in [0.15, 0.2) is 81.1 Å². The maximum Gasteiger partial charge on any atom is 0.335 e. The van der Waals surface area contributed by atoms with E-state index in [4.69, 9.17) is 9.84 Å². The summed E-state index contributed by atoms with van der Waals surface area (Å²) in [6.07, 6.45) is 1.76. The molecule has 0 spiro atoms. The number of benzene rings is 3. The van der Waals surface area contributed by atoms with E-state index in [2.05, 4.69) is 20.9 Å². The van der Waals surface area contributed by atoms with E-state index in [0.29, 0.717) is 32.6 Å². The van der Waals surface area contributed by atoms with Gasteiger partial charge in [0.1, 0.15) is 18.2 Å². The molecular weight excluding hydrogens is 523 g/mol. The standard InChI is InChI=1S/C25H18BrFN2O4S/c1-29-23(30)22(34-25(29)28-19-4-2-3-17(13-19)24(31)32)12-16-7-10-21(20(26)11-16)33-14-15-5-8-18(27)9-6-15/h2-13H,14H2,1H3,(H,31,32). The van der Waals surface area contributed by atoms with Gasteiger partial charge in [-0.2, -0.15) is 0 Å². The molecule has 1 aliphatic rings. The predicted octanol–water partition coefficient (Wildman–Crippen LogP) is 6.10. The zero-order valence-electron chi connectivity index (χ0n) is 17.9. The molecule has 1 fully saturated rings. The first-order valence-corrected chi connectivity index (χ1v) is 11.7. The highest BCUT2D eigenvalue weighted by Gasteiger charge is 2.30. The summed E-state index contributed by atoms with van der Waals surface area (Å²) in [5.41, 5.74) is 2.21. The van der Waals surface area contributed by atoms with Crippen molar-refractivity contribution < 1.29 is 23.8 Å². The summed E-state index contributed by atoms with van der Waals surface area (Å²) in [5, 5.41) is 9.62. The predicted molar refractivity (Wildman–Crippen MR) is 134 cm³/mol. The monoisotopic (exact) mass is 540 g/mol. The number of ether oxygens (including phenoxy) is 1. The van der Waals surface area contributed by atoms with E-state index < -0.39 is 5.97 Å². The molecule has 172 valence electrons. The van der Waals surface area contributed by atoms with Crippen LogP contribution in [0.2, 0.25) is 0 Å². The van der Waals surface area contributed by atoms with Crippen LogP contribution < -0.4 is 4.74 Å². The maximum atomic E-state index is 13.0. The number of halogens is 2. The second-order valence-electron chi connectivity index (χ2n) is 7.33. The largest absolute Gasteiger partial charge is 0.488 e. The fourth-order valence-electron chi connectivity index (χ4n) is 3.09. The Balaban J connectivity index is 1.49. The SMILES string of the molecule is CN1C(=O)C(=Cc2ccc(OCc3ccc(F)cc3)c(Br)c2)SC1=Nc1cccc(C(=O)O)c1. The summed E-state index contributed by atoms with van der Waals surface area (Å²) in [5.74, 6) is -0.920. The Morgan fingerprint density at radius 2 is 1.94 bits per heavy atom. The number of carbonyl (C=O) groups is 2. The first kappa shape index (κ1) is 23.7. The van der Waals surface area contributed by atoms with Gasteiger partial charge in [-0.25, -0.2) is 14.2 Å². The van der Waals surface area contributed by atoms with Crippen molar-refractivity contribution in [1.29, 1.82) is 0 Å². The molecule has 0 aromatic heterocycles. The number of aliphatic imine (C=N–C) groups is 1. The van der Waals surface area contributed by atoms with E-state index in [1.807, 2.05) is 12.1 Å². The average molecular weight is 541 g/mol. The van der Waals surface area contributed by atoms with Crippen LogP contribution in [0.5, 0.6) is 5.75 Å². The zero-order valence-corrected chi connectivity index (χ0v) is 20.3. The van der Waals surface area contributed by atoms with Gasteiger partial charge < -0.3 is 9.84 Å². The smallest absolute Gasteiger partial charge is 0.335 e. The summed E-state index contributed by atoms with van der Waals surface area (Å²) in [7, 11) is 1.62.